The van der Waals surface area contributed by atoms with Crippen LogP contribution in [0.4, 0.5) is 10.1 Å². The summed E-state index contributed by atoms with van der Waals surface area (Å²) in [5.74, 6) is -0.940. The van der Waals surface area contributed by atoms with Gasteiger partial charge in [-0.15, -0.1) is 0 Å². The number of amides is 1. The molecule has 0 radical (unpaired) electrons. The standard InChI is InChI=1S/C14H15FN4O/c1-2-3-6-18-14(20)9-19(10-17)12-4-5-13(15)11(7-12)8-16/h4-5,7H,2-3,6,9H2,1H3,(H,18,20). The molecule has 0 unspecified atom stereocenters. The van der Waals surface area contributed by atoms with E-state index in [9.17, 15) is 9.18 Å². The summed E-state index contributed by atoms with van der Waals surface area (Å²) in [4.78, 5) is 12.8. The monoisotopic (exact) mass is 274 g/mol. The summed E-state index contributed by atoms with van der Waals surface area (Å²) >= 11 is 0. The summed E-state index contributed by atoms with van der Waals surface area (Å²) in [6.07, 6.45) is 3.68. The predicted molar refractivity (Wildman–Crippen MR) is 72.0 cm³/mol. The van der Waals surface area contributed by atoms with Crippen LogP contribution in [0.2, 0.25) is 0 Å². The van der Waals surface area contributed by atoms with E-state index in [0.29, 0.717) is 12.2 Å². The van der Waals surface area contributed by atoms with Crippen LogP contribution in [0, 0.1) is 28.6 Å². The van der Waals surface area contributed by atoms with Gasteiger partial charge in [-0.25, -0.2) is 4.39 Å². The molecular formula is C14H15FN4O. The smallest absolute Gasteiger partial charge is 0.240 e. The normalized spacial score (nSPS) is 9.40. The second kappa shape index (κ2) is 7.75. The number of anilines is 1. The molecule has 1 rings (SSSR count). The molecule has 0 saturated carbocycles. The second-order valence-electron chi connectivity index (χ2n) is 4.17. The summed E-state index contributed by atoms with van der Waals surface area (Å²) < 4.78 is 13.2. The van der Waals surface area contributed by atoms with Crippen molar-refractivity contribution in [3.63, 3.8) is 0 Å². The quantitative estimate of drug-likeness (QED) is 0.488. The molecule has 0 spiro atoms. The van der Waals surface area contributed by atoms with Crippen LogP contribution in [-0.4, -0.2) is 19.0 Å². The Morgan fingerprint density at radius 2 is 2.20 bits per heavy atom. The van der Waals surface area contributed by atoms with Gasteiger partial charge in [0.1, 0.15) is 18.4 Å². The minimum Gasteiger partial charge on any atom is -0.355 e. The SMILES string of the molecule is CCCCNC(=O)CN(C#N)c1ccc(F)c(C#N)c1. The molecule has 0 atom stereocenters. The third-order valence-corrected chi connectivity index (χ3v) is 2.66. The third kappa shape index (κ3) is 4.25. The van der Waals surface area contributed by atoms with E-state index in [2.05, 4.69) is 5.32 Å². The van der Waals surface area contributed by atoms with Crippen molar-refractivity contribution in [3.8, 4) is 12.3 Å². The highest BCUT2D eigenvalue weighted by Crippen LogP contribution is 2.17. The van der Waals surface area contributed by atoms with Crippen molar-refractivity contribution in [2.45, 2.75) is 19.8 Å². The molecule has 0 saturated heterocycles. The minimum atomic E-state index is -0.651. The van der Waals surface area contributed by atoms with E-state index in [-0.39, 0.29) is 18.0 Å². The number of rotatable bonds is 6. The lowest BCUT2D eigenvalue weighted by atomic mass is 10.2. The zero-order valence-electron chi connectivity index (χ0n) is 11.2. The first-order chi connectivity index (χ1) is 9.62. The van der Waals surface area contributed by atoms with E-state index in [0.717, 1.165) is 23.8 Å². The van der Waals surface area contributed by atoms with E-state index in [1.807, 2.05) is 13.1 Å². The average molecular weight is 274 g/mol. The molecule has 20 heavy (non-hydrogen) atoms. The first-order valence-electron chi connectivity index (χ1n) is 6.26. The maximum atomic E-state index is 13.2. The van der Waals surface area contributed by atoms with Crippen LogP contribution < -0.4 is 10.2 Å². The van der Waals surface area contributed by atoms with Crippen LogP contribution in [0.15, 0.2) is 18.2 Å². The van der Waals surface area contributed by atoms with Gasteiger partial charge in [-0.3, -0.25) is 9.69 Å². The number of carbonyl (C=O) groups is 1. The van der Waals surface area contributed by atoms with Crippen molar-refractivity contribution in [1.82, 2.24) is 5.32 Å². The first kappa shape index (κ1) is 15.5. The van der Waals surface area contributed by atoms with Gasteiger partial charge in [0, 0.05) is 6.54 Å². The van der Waals surface area contributed by atoms with E-state index in [4.69, 9.17) is 10.5 Å². The van der Waals surface area contributed by atoms with Crippen LogP contribution in [0.5, 0.6) is 0 Å². The molecule has 0 aromatic heterocycles. The summed E-state index contributed by atoms with van der Waals surface area (Å²) in [6.45, 7) is 2.41. The molecule has 1 amide bonds. The first-order valence-corrected chi connectivity index (χ1v) is 6.26. The fourth-order valence-electron chi connectivity index (χ4n) is 1.56. The number of nitrogens with one attached hydrogen (secondary N) is 1. The largest absolute Gasteiger partial charge is 0.355 e. The Balaban J connectivity index is 2.75. The Morgan fingerprint density at radius 3 is 2.80 bits per heavy atom. The molecule has 0 fully saturated rings. The molecule has 0 aliphatic carbocycles. The van der Waals surface area contributed by atoms with Gasteiger partial charge in [0.05, 0.1) is 11.3 Å². The van der Waals surface area contributed by atoms with E-state index >= 15 is 0 Å². The van der Waals surface area contributed by atoms with Crippen molar-refractivity contribution in [1.29, 1.82) is 10.5 Å². The highest BCUT2D eigenvalue weighted by atomic mass is 19.1. The van der Waals surface area contributed by atoms with Crippen LogP contribution in [0.25, 0.3) is 0 Å². The van der Waals surface area contributed by atoms with Gasteiger partial charge < -0.3 is 5.32 Å². The Morgan fingerprint density at radius 1 is 1.45 bits per heavy atom. The number of benzene rings is 1. The highest BCUT2D eigenvalue weighted by molar-refractivity contribution is 5.82. The molecule has 0 aliphatic heterocycles. The van der Waals surface area contributed by atoms with Gasteiger partial charge in [0.25, 0.3) is 0 Å². The van der Waals surface area contributed by atoms with Crippen molar-refractivity contribution in [2.75, 3.05) is 18.0 Å². The van der Waals surface area contributed by atoms with E-state index in [1.54, 1.807) is 6.07 Å². The molecule has 104 valence electrons. The number of carbonyl (C=O) groups excluding carboxylic acids is 1. The van der Waals surface area contributed by atoms with Gasteiger partial charge in [-0.05, 0) is 24.6 Å². The van der Waals surface area contributed by atoms with E-state index in [1.165, 1.54) is 12.1 Å². The molecular weight excluding hydrogens is 259 g/mol. The molecule has 1 N–H and O–H groups in total. The van der Waals surface area contributed by atoms with Crippen molar-refractivity contribution >= 4 is 11.6 Å². The minimum absolute atomic E-state index is 0.156. The molecule has 0 bridgehead atoms. The van der Waals surface area contributed by atoms with Gasteiger partial charge in [0.2, 0.25) is 5.91 Å². The molecule has 5 nitrogen and oxygen atoms in total. The molecule has 1 aromatic carbocycles. The average Bonchev–Trinajstić information content (AvgIpc) is 2.45. The number of halogens is 1. The fourth-order valence-corrected chi connectivity index (χ4v) is 1.56. The van der Waals surface area contributed by atoms with Crippen molar-refractivity contribution in [3.05, 3.63) is 29.6 Å². The van der Waals surface area contributed by atoms with Crippen LogP contribution >= 0.6 is 0 Å². The molecule has 6 heteroatoms. The van der Waals surface area contributed by atoms with Crippen LogP contribution in [-0.2, 0) is 4.79 Å². The molecule has 0 heterocycles. The lowest BCUT2D eigenvalue weighted by molar-refractivity contribution is -0.119. The Labute approximate surface area is 117 Å². The molecule has 1 aromatic rings. The zero-order chi connectivity index (χ0) is 15.0. The lowest BCUT2D eigenvalue weighted by Crippen LogP contribution is -2.35. The second-order valence-corrected chi connectivity index (χ2v) is 4.17. The topological polar surface area (TPSA) is 79.9 Å². The fraction of sp³-hybridized carbons (Fsp3) is 0.357. The van der Waals surface area contributed by atoms with Gasteiger partial charge in [-0.1, -0.05) is 13.3 Å². The Hall–Kier alpha value is -2.60. The van der Waals surface area contributed by atoms with Crippen LogP contribution in [0.1, 0.15) is 25.3 Å². The van der Waals surface area contributed by atoms with Crippen molar-refractivity contribution in [2.24, 2.45) is 0 Å². The molecule has 0 aliphatic rings. The highest BCUT2D eigenvalue weighted by Gasteiger charge is 2.13. The third-order valence-electron chi connectivity index (χ3n) is 2.66. The van der Waals surface area contributed by atoms with Crippen molar-refractivity contribution < 1.29 is 9.18 Å². The zero-order valence-corrected chi connectivity index (χ0v) is 11.2. The summed E-state index contributed by atoms with van der Waals surface area (Å²) in [6, 6.07) is 5.41. The number of nitrogens with zero attached hydrogens (tertiary/aromatic N) is 3. The van der Waals surface area contributed by atoms with Crippen LogP contribution in [0.3, 0.4) is 0 Å². The predicted octanol–water partition coefficient (Wildman–Crippen LogP) is 1.90. The summed E-state index contributed by atoms with van der Waals surface area (Å²) in [5, 5.41) is 20.5. The van der Waals surface area contributed by atoms with Gasteiger partial charge >= 0.3 is 0 Å². The number of unbranched alkanes of at least 4 members (excludes halogenated alkanes) is 1. The van der Waals surface area contributed by atoms with Gasteiger partial charge in [0.15, 0.2) is 6.19 Å². The van der Waals surface area contributed by atoms with E-state index < -0.39 is 5.82 Å². The van der Waals surface area contributed by atoms with Gasteiger partial charge in [-0.2, -0.15) is 10.5 Å². The summed E-state index contributed by atoms with van der Waals surface area (Å²) in [7, 11) is 0. The maximum Gasteiger partial charge on any atom is 0.240 e. The number of hydrogen-bond donors (Lipinski definition) is 1. The lowest BCUT2D eigenvalue weighted by Gasteiger charge is -2.15. The summed E-state index contributed by atoms with van der Waals surface area (Å²) in [5.41, 5.74) is 0.158. The Bertz CT molecular complexity index is 559. The number of nitriles is 2. The maximum absolute atomic E-state index is 13.2. The number of hydrogen-bond acceptors (Lipinski definition) is 4. The Kier molecular flexibility index (Phi) is 5.99.